The Bertz CT molecular complexity index is 1160. The Balaban J connectivity index is 1.84. The molecule has 0 unspecified atom stereocenters. The van der Waals surface area contributed by atoms with Crippen molar-refractivity contribution in [3.05, 3.63) is 76.9 Å². The summed E-state index contributed by atoms with van der Waals surface area (Å²) in [6, 6.07) is 20.7. The molecular weight excluding hydrogens is 356 g/mol. The first kappa shape index (κ1) is 17.7. The molecule has 3 heteroatoms. The molecule has 2 aliphatic rings. The highest BCUT2D eigenvalue weighted by atomic mass is 16.1. The van der Waals surface area contributed by atoms with E-state index in [2.05, 4.69) is 48.2 Å². The molecule has 3 aromatic carbocycles. The van der Waals surface area contributed by atoms with Gasteiger partial charge in [0.25, 0.3) is 0 Å². The van der Waals surface area contributed by atoms with Crippen molar-refractivity contribution in [3.63, 3.8) is 0 Å². The van der Waals surface area contributed by atoms with E-state index in [1.807, 2.05) is 24.3 Å². The quantitative estimate of drug-likeness (QED) is 0.447. The minimum Gasteiger partial charge on any atom is -0.370 e. The Labute approximate surface area is 171 Å². The van der Waals surface area contributed by atoms with Crippen LogP contribution >= 0.6 is 0 Å². The maximum atomic E-state index is 13.4. The largest absolute Gasteiger partial charge is 0.370 e. The van der Waals surface area contributed by atoms with Crippen molar-refractivity contribution in [2.24, 2.45) is 0 Å². The number of aryl methyl sites for hydroxylation is 1. The lowest BCUT2D eigenvalue weighted by molar-refractivity contribution is 0.104. The molecule has 0 amide bonds. The molecule has 0 saturated carbocycles. The molecule has 1 heterocycles. The van der Waals surface area contributed by atoms with E-state index in [-0.39, 0.29) is 5.78 Å². The van der Waals surface area contributed by atoms with Gasteiger partial charge in [-0.1, -0.05) is 54.1 Å². The molecule has 0 spiro atoms. The van der Waals surface area contributed by atoms with E-state index in [0.717, 1.165) is 53.9 Å². The van der Waals surface area contributed by atoms with Gasteiger partial charge in [0.1, 0.15) is 6.07 Å². The van der Waals surface area contributed by atoms with Crippen molar-refractivity contribution in [1.82, 2.24) is 0 Å². The van der Waals surface area contributed by atoms with Crippen LogP contribution in [-0.4, -0.2) is 18.9 Å². The van der Waals surface area contributed by atoms with Gasteiger partial charge >= 0.3 is 0 Å². The van der Waals surface area contributed by atoms with Crippen molar-refractivity contribution in [3.8, 4) is 28.3 Å². The third-order valence-corrected chi connectivity index (χ3v) is 6.15. The first-order valence-corrected chi connectivity index (χ1v) is 10.3. The van der Waals surface area contributed by atoms with Gasteiger partial charge in [-0.25, -0.2) is 0 Å². The van der Waals surface area contributed by atoms with Gasteiger partial charge in [0.15, 0.2) is 5.78 Å². The van der Waals surface area contributed by atoms with Crippen molar-refractivity contribution in [2.75, 3.05) is 18.0 Å². The molecule has 1 fully saturated rings. The number of rotatable bonds is 2. The molecule has 0 aromatic heterocycles. The molecule has 3 nitrogen and oxygen atoms in total. The van der Waals surface area contributed by atoms with Crippen LogP contribution in [0.15, 0.2) is 54.6 Å². The van der Waals surface area contributed by atoms with E-state index in [1.54, 1.807) is 0 Å². The minimum atomic E-state index is -0.0284. The summed E-state index contributed by atoms with van der Waals surface area (Å²) in [5.41, 5.74) is 7.87. The fourth-order valence-electron chi connectivity index (χ4n) is 4.67. The molecule has 0 N–H and O–H groups in total. The SMILES string of the molecule is Cc1ccc(-c2cc(N3CCCCC3)c(C#N)c3c2-c2ccccc2C3=O)cc1. The van der Waals surface area contributed by atoms with Crippen molar-refractivity contribution in [1.29, 1.82) is 5.26 Å². The second-order valence-corrected chi connectivity index (χ2v) is 7.97. The van der Waals surface area contributed by atoms with Crippen LogP contribution in [0.3, 0.4) is 0 Å². The first-order valence-electron chi connectivity index (χ1n) is 10.3. The molecule has 1 aliphatic carbocycles. The standard InChI is InChI=1S/C26H22N2O/c1-17-9-11-18(12-10-17)21-15-23(28-13-5-2-6-14-28)22(16-27)25-24(21)19-7-3-4-8-20(19)26(25)29/h3-4,7-12,15H,2,5-6,13-14H2,1H3. The third-order valence-electron chi connectivity index (χ3n) is 6.15. The summed E-state index contributed by atoms with van der Waals surface area (Å²) >= 11 is 0. The first-order chi connectivity index (χ1) is 14.2. The van der Waals surface area contributed by atoms with Gasteiger partial charge in [-0.2, -0.15) is 5.26 Å². The second kappa shape index (κ2) is 6.90. The van der Waals surface area contributed by atoms with Gasteiger partial charge in [0, 0.05) is 24.2 Å². The summed E-state index contributed by atoms with van der Waals surface area (Å²) < 4.78 is 0. The molecule has 1 aliphatic heterocycles. The van der Waals surface area contributed by atoms with Crippen LogP contribution in [0.2, 0.25) is 0 Å². The van der Waals surface area contributed by atoms with Crippen LogP contribution in [0.5, 0.6) is 0 Å². The van der Waals surface area contributed by atoms with Crippen molar-refractivity contribution < 1.29 is 4.79 Å². The Morgan fingerprint density at radius 2 is 1.55 bits per heavy atom. The third kappa shape index (κ3) is 2.76. The number of piperidine rings is 1. The van der Waals surface area contributed by atoms with Crippen LogP contribution in [0.1, 0.15) is 46.3 Å². The second-order valence-electron chi connectivity index (χ2n) is 7.97. The summed E-state index contributed by atoms with van der Waals surface area (Å²) in [7, 11) is 0. The van der Waals surface area contributed by atoms with Gasteiger partial charge in [-0.15, -0.1) is 0 Å². The number of nitriles is 1. The molecule has 0 radical (unpaired) electrons. The summed E-state index contributed by atoms with van der Waals surface area (Å²) in [6.45, 7) is 3.94. The molecule has 0 bridgehead atoms. The maximum absolute atomic E-state index is 13.4. The Morgan fingerprint density at radius 1 is 0.862 bits per heavy atom. The average Bonchev–Trinajstić information content (AvgIpc) is 3.07. The van der Waals surface area contributed by atoms with E-state index in [9.17, 15) is 10.1 Å². The summed E-state index contributed by atoms with van der Waals surface area (Å²) in [5.74, 6) is -0.0284. The zero-order chi connectivity index (χ0) is 20.0. The van der Waals surface area contributed by atoms with E-state index < -0.39 is 0 Å². The van der Waals surface area contributed by atoms with Crippen LogP contribution in [-0.2, 0) is 0 Å². The molecule has 3 aromatic rings. The number of hydrogen-bond donors (Lipinski definition) is 0. The van der Waals surface area contributed by atoms with Gasteiger partial charge in [-0.3, -0.25) is 4.79 Å². The summed E-state index contributed by atoms with van der Waals surface area (Å²) in [5, 5.41) is 10.1. The molecule has 142 valence electrons. The van der Waals surface area contributed by atoms with Crippen LogP contribution < -0.4 is 4.90 Å². The van der Waals surface area contributed by atoms with Gasteiger partial charge in [0.2, 0.25) is 0 Å². The Hall–Kier alpha value is -3.38. The van der Waals surface area contributed by atoms with E-state index in [0.29, 0.717) is 16.7 Å². The summed E-state index contributed by atoms with van der Waals surface area (Å²) in [4.78, 5) is 15.7. The lowest BCUT2D eigenvalue weighted by Crippen LogP contribution is -2.30. The fourth-order valence-corrected chi connectivity index (χ4v) is 4.67. The zero-order valence-corrected chi connectivity index (χ0v) is 16.5. The molecule has 5 rings (SSSR count). The lowest BCUT2D eigenvalue weighted by Gasteiger charge is -2.31. The lowest BCUT2D eigenvalue weighted by atomic mass is 9.89. The van der Waals surface area contributed by atoms with E-state index in [1.165, 1.54) is 12.0 Å². The predicted molar refractivity (Wildman–Crippen MR) is 116 cm³/mol. The monoisotopic (exact) mass is 378 g/mol. The molecule has 29 heavy (non-hydrogen) atoms. The van der Waals surface area contributed by atoms with Crippen LogP contribution in [0, 0.1) is 18.3 Å². The average molecular weight is 378 g/mol. The predicted octanol–water partition coefficient (Wildman–Crippen LogP) is 5.74. The molecule has 1 saturated heterocycles. The van der Waals surface area contributed by atoms with E-state index in [4.69, 9.17) is 0 Å². The zero-order valence-electron chi connectivity index (χ0n) is 16.5. The number of nitrogens with zero attached hydrogens (tertiary/aromatic N) is 2. The number of carbonyl (C=O) groups is 1. The van der Waals surface area contributed by atoms with Crippen molar-refractivity contribution in [2.45, 2.75) is 26.2 Å². The number of ketones is 1. The fraction of sp³-hybridized carbons (Fsp3) is 0.231. The Morgan fingerprint density at radius 3 is 2.24 bits per heavy atom. The highest BCUT2D eigenvalue weighted by molar-refractivity contribution is 6.25. The summed E-state index contributed by atoms with van der Waals surface area (Å²) in [6.07, 6.45) is 3.46. The van der Waals surface area contributed by atoms with Gasteiger partial charge in [0.05, 0.1) is 16.8 Å². The smallest absolute Gasteiger partial charge is 0.195 e. The number of carbonyl (C=O) groups excluding carboxylic acids is 1. The number of hydrogen-bond acceptors (Lipinski definition) is 3. The van der Waals surface area contributed by atoms with E-state index >= 15 is 0 Å². The van der Waals surface area contributed by atoms with Gasteiger partial charge < -0.3 is 4.90 Å². The topological polar surface area (TPSA) is 44.1 Å². The van der Waals surface area contributed by atoms with Gasteiger partial charge in [-0.05, 0) is 48.9 Å². The number of benzene rings is 3. The van der Waals surface area contributed by atoms with Crippen molar-refractivity contribution >= 4 is 11.5 Å². The molecule has 0 atom stereocenters. The highest BCUT2D eigenvalue weighted by Gasteiger charge is 2.34. The molecular formula is C26H22N2O. The van der Waals surface area contributed by atoms with Crippen LogP contribution in [0.25, 0.3) is 22.3 Å². The Kier molecular flexibility index (Phi) is 4.21. The van der Waals surface area contributed by atoms with Crippen LogP contribution in [0.4, 0.5) is 5.69 Å². The number of fused-ring (bicyclic) bond motifs is 3. The normalized spacial score (nSPS) is 15.0. The highest BCUT2D eigenvalue weighted by Crippen LogP contribution is 2.47. The number of anilines is 1. The maximum Gasteiger partial charge on any atom is 0.195 e. The minimum absolute atomic E-state index is 0.0284.